The first kappa shape index (κ1) is 20.1. The Balaban J connectivity index is 0.00000288. The van der Waals surface area contributed by atoms with Crippen LogP contribution in [0, 0.1) is 11.6 Å². The van der Waals surface area contributed by atoms with E-state index in [9.17, 15) is 13.6 Å². The third kappa shape index (κ3) is 5.91. The number of carbonyl (C=O) groups is 1. The maximum Gasteiger partial charge on any atom is 0.227 e. The fraction of sp³-hybridized carbons (Fsp3) is 0.278. The van der Waals surface area contributed by atoms with Crippen molar-refractivity contribution in [1.29, 1.82) is 0 Å². The van der Waals surface area contributed by atoms with Crippen molar-refractivity contribution < 1.29 is 13.6 Å². The predicted molar refractivity (Wildman–Crippen MR) is 92.8 cm³/mol. The smallest absolute Gasteiger partial charge is 0.227 e. The minimum atomic E-state index is -0.938. The Bertz CT molecular complexity index is 653. The Labute approximate surface area is 146 Å². The van der Waals surface area contributed by atoms with Gasteiger partial charge >= 0.3 is 0 Å². The molecule has 2 aromatic rings. The van der Waals surface area contributed by atoms with E-state index >= 15 is 0 Å². The van der Waals surface area contributed by atoms with Crippen molar-refractivity contribution in [1.82, 2.24) is 4.90 Å². The molecule has 0 unspecified atom stereocenters. The van der Waals surface area contributed by atoms with E-state index < -0.39 is 11.6 Å². The first-order valence-corrected chi connectivity index (χ1v) is 7.56. The second-order valence-corrected chi connectivity index (χ2v) is 5.37. The van der Waals surface area contributed by atoms with Gasteiger partial charge in [-0.05, 0) is 36.2 Å². The number of rotatable bonds is 7. The molecule has 0 fully saturated rings. The van der Waals surface area contributed by atoms with Gasteiger partial charge in [-0.2, -0.15) is 0 Å². The topological polar surface area (TPSA) is 46.3 Å². The summed E-state index contributed by atoms with van der Waals surface area (Å²) in [4.78, 5) is 14.2. The van der Waals surface area contributed by atoms with Gasteiger partial charge in [0.05, 0.1) is 6.42 Å². The maximum absolute atomic E-state index is 13.3. The molecule has 0 saturated carbocycles. The molecule has 0 radical (unpaired) electrons. The van der Waals surface area contributed by atoms with Crippen LogP contribution >= 0.6 is 12.4 Å². The fourth-order valence-corrected chi connectivity index (χ4v) is 2.31. The van der Waals surface area contributed by atoms with Crippen LogP contribution in [0.2, 0.25) is 0 Å². The summed E-state index contributed by atoms with van der Waals surface area (Å²) in [7, 11) is 0. The number of nitrogens with two attached hydrogens (primary N) is 1. The van der Waals surface area contributed by atoms with Crippen molar-refractivity contribution in [3.63, 3.8) is 0 Å². The summed E-state index contributed by atoms with van der Waals surface area (Å²) < 4.78 is 26.2. The van der Waals surface area contributed by atoms with Gasteiger partial charge < -0.3 is 10.6 Å². The van der Waals surface area contributed by atoms with Gasteiger partial charge in [-0.15, -0.1) is 12.4 Å². The van der Waals surface area contributed by atoms with Crippen LogP contribution in [0.15, 0.2) is 48.5 Å². The second-order valence-electron chi connectivity index (χ2n) is 5.37. The Kier molecular flexibility index (Phi) is 8.36. The highest BCUT2D eigenvalue weighted by Gasteiger charge is 2.15. The number of hydrogen-bond acceptors (Lipinski definition) is 2. The Morgan fingerprint density at radius 2 is 1.71 bits per heavy atom. The van der Waals surface area contributed by atoms with E-state index in [-0.39, 0.29) is 24.7 Å². The SMILES string of the molecule is Cl.NCCCN(Cc1ccccc1)C(=O)Cc1ccc(F)c(F)c1. The minimum absolute atomic E-state index is 0. The summed E-state index contributed by atoms with van der Waals surface area (Å²) in [5.74, 6) is -1.98. The lowest BCUT2D eigenvalue weighted by atomic mass is 10.1. The highest BCUT2D eigenvalue weighted by Crippen LogP contribution is 2.12. The zero-order valence-electron chi connectivity index (χ0n) is 13.3. The second kappa shape index (κ2) is 10.0. The largest absolute Gasteiger partial charge is 0.338 e. The van der Waals surface area contributed by atoms with Gasteiger partial charge in [-0.25, -0.2) is 8.78 Å². The lowest BCUT2D eigenvalue weighted by Gasteiger charge is -2.23. The lowest BCUT2D eigenvalue weighted by molar-refractivity contribution is -0.131. The molecule has 0 saturated heterocycles. The number of amides is 1. The summed E-state index contributed by atoms with van der Waals surface area (Å²) in [6.45, 7) is 1.50. The van der Waals surface area contributed by atoms with E-state index in [1.807, 2.05) is 30.3 Å². The normalized spacial score (nSPS) is 10.1. The maximum atomic E-state index is 13.3. The first-order chi connectivity index (χ1) is 11.1. The average Bonchev–Trinajstić information content (AvgIpc) is 2.55. The zero-order valence-corrected chi connectivity index (χ0v) is 14.1. The summed E-state index contributed by atoms with van der Waals surface area (Å²) in [6.07, 6.45) is 0.727. The molecule has 3 nitrogen and oxygen atoms in total. The molecule has 24 heavy (non-hydrogen) atoms. The van der Waals surface area contributed by atoms with Gasteiger partial charge in [0, 0.05) is 13.1 Å². The quantitative estimate of drug-likeness (QED) is 0.829. The van der Waals surface area contributed by atoms with Crippen LogP contribution in [0.5, 0.6) is 0 Å². The molecule has 0 aliphatic heterocycles. The summed E-state index contributed by atoms with van der Waals surface area (Å²) in [5, 5.41) is 0. The monoisotopic (exact) mass is 354 g/mol. The molecule has 2 rings (SSSR count). The highest BCUT2D eigenvalue weighted by atomic mass is 35.5. The molecule has 0 atom stereocenters. The van der Waals surface area contributed by atoms with Crippen LogP contribution in [0.25, 0.3) is 0 Å². The molecule has 0 spiro atoms. The van der Waals surface area contributed by atoms with Crippen LogP contribution in [-0.4, -0.2) is 23.9 Å². The average molecular weight is 355 g/mol. The summed E-state index contributed by atoms with van der Waals surface area (Å²) in [5.41, 5.74) is 7.01. The molecule has 6 heteroatoms. The Morgan fingerprint density at radius 1 is 1.00 bits per heavy atom. The molecular formula is C18H21ClF2N2O. The molecule has 0 aliphatic rings. The van der Waals surface area contributed by atoms with E-state index in [2.05, 4.69) is 0 Å². The Morgan fingerprint density at radius 3 is 2.33 bits per heavy atom. The number of benzene rings is 2. The van der Waals surface area contributed by atoms with Crippen LogP contribution < -0.4 is 5.73 Å². The molecule has 0 heterocycles. The van der Waals surface area contributed by atoms with Crippen molar-refractivity contribution in [3.8, 4) is 0 Å². The van der Waals surface area contributed by atoms with E-state index in [1.54, 1.807) is 4.90 Å². The van der Waals surface area contributed by atoms with Gasteiger partial charge in [0.2, 0.25) is 5.91 Å². The third-order valence-electron chi connectivity index (χ3n) is 3.54. The van der Waals surface area contributed by atoms with Crippen molar-refractivity contribution in [2.75, 3.05) is 13.1 Å². The van der Waals surface area contributed by atoms with Gasteiger partial charge in [0.15, 0.2) is 11.6 Å². The van der Waals surface area contributed by atoms with E-state index in [4.69, 9.17) is 5.73 Å². The number of carbonyl (C=O) groups excluding carboxylic acids is 1. The van der Waals surface area contributed by atoms with E-state index in [0.29, 0.717) is 31.6 Å². The molecule has 0 aliphatic carbocycles. The molecule has 2 aromatic carbocycles. The van der Waals surface area contributed by atoms with Crippen molar-refractivity contribution >= 4 is 18.3 Å². The standard InChI is InChI=1S/C18H20F2N2O.ClH/c19-16-8-7-15(11-17(16)20)12-18(23)22(10-4-9-21)13-14-5-2-1-3-6-14;/h1-3,5-8,11H,4,9-10,12-13,21H2;1H. The predicted octanol–water partition coefficient (Wildman–Crippen LogP) is 3.31. The lowest BCUT2D eigenvalue weighted by Crippen LogP contribution is -2.33. The van der Waals surface area contributed by atoms with Gasteiger partial charge in [0.1, 0.15) is 0 Å². The van der Waals surface area contributed by atoms with Gasteiger partial charge in [0.25, 0.3) is 0 Å². The number of halogens is 3. The third-order valence-corrected chi connectivity index (χ3v) is 3.54. The summed E-state index contributed by atoms with van der Waals surface area (Å²) in [6, 6.07) is 13.2. The van der Waals surface area contributed by atoms with Crippen LogP contribution in [0.1, 0.15) is 17.5 Å². The van der Waals surface area contributed by atoms with Gasteiger partial charge in [-0.3, -0.25) is 4.79 Å². The fourth-order valence-electron chi connectivity index (χ4n) is 2.31. The molecule has 130 valence electrons. The number of nitrogens with zero attached hydrogens (tertiary/aromatic N) is 1. The molecule has 2 N–H and O–H groups in total. The van der Waals surface area contributed by atoms with E-state index in [1.165, 1.54) is 6.07 Å². The van der Waals surface area contributed by atoms with E-state index in [0.717, 1.165) is 17.7 Å². The molecule has 0 bridgehead atoms. The molecule has 0 aromatic heterocycles. The Hall–Kier alpha value is -1.98. The van der Waals surface area contributed by atoms with Crippen LogP contribution in [-0.2, 0) is 17.8 Å². The van der Waals surface area contributed by atoms with Gasteiger partial charge in [-0.1, -0.05) is 36.4 Å². The molecule has 1 amide bonds. The van der Waals surface area contributed by atoms with Crippen molar-refractivity contribution in [2.24, 2.45) is 5.73 Å². The molecular weight excluding hydrogens is 334 g/mol. The zero-order chi connectivity index (χ0) is 16.7. The highest BCUT2D eigenvalue weighted by molar-refractivity contribution is 5.85. The van der Waals surface area contributed by atoms with Crippen molar-refractivity contribution in [2.45, 2.75) is 19.4 Å². The summed E-state index contributed by atoms with van der Waals surface area (Å²) >= 11 is 0. The minimum Gasteiger partial charge on any atom is -0.338 e. The van der Waals surface area contributed by atoms with Crippen LogP contribution in [0.3, 0.4) is 0 Å². The van der Waals surface area contributed by atoms with Crippen LogP contribution in [0.4, 0.5) is 8.78 Å². The first-order valence-electron chi connectivity index (χ1n) is 7.56. The van der Waals surface area contributed by atoms with Crippen molar-refractivity contribution in [3.05, 3.63) is 71.3 Å². The number of hydrogen-bond donors (Lipinski definition) is 1.